The zero-order chi connectivity index (χ0) is 16.4. The Labute approximate surface area is 142 Å². The van der Waals surface area contributed by atoms with Crippen LogP contribution in [0.2, 0.25) is 0 Å². The highest BCUT2D eigenvalue weighted by molar-refractivity contribution is 9.10. The highest BCUT2D eigenvalue weighted by atomic mass is 79.9. The van der Waals surface area contributed by atoms with E-state index in [2.05, 4.69) is 33.5 Å². The fourth-order valence-electron chi connectivity index (χ4n) is 1.69. The molecule has 0 radical (unpaired) electrons. The molecule has 1 aromatic rings. The first-order chi connectivity index (χ1) is 10.5. The summed E-state index contributed by atoms with van der Waals surface area (Å²) in [7, 11) is 0. The van der Waals surface area contributed by atoms with Crippen molar-refractivity contribution >= 4 is 39.5 Å². The summed E-state index contributed by atoms with van der Waals surface area (Å²) in [6.45, 7) is 2.97. The van der Waals surface area contributed by atoms with Crippen LogP contribution in [0, 0.1) is 5.82 Å². The number of carbonyl (C=O) groups is 2. The van der Waals surface area contributed by atoms with E-state index in [0.29, 0.717) is 11.0 Å². The van der Waals surface area contributed by atoms with Crippen molar-refractivity contribution < 1.29 is 14.0 Å². The summed E-state index contributed by atoms with van der Waals surface area (Å²) in [5.74, 6) is 1.13. The lowest BCUT2D eigenvalue weighted by Gasteiger charge is -2.08. The molecule has 0 spiro atoms. The normalized spacial score (nSPS) is 10.3. The first kappa shape index (κ1) is 19.0. The quantitative estimate of drug-likeness (QED) is 0.637. The molecule has 0 atom stereocenters. The smallest absolute Gasteiger partial charge is 0.252 e. The fourth-order valence-corrected chi connectivity index (χ4v) is 2.75. The number of halogens is 2. The molecule has 2 amide bonds. The van der Waals surface area contributed by atoms with Gasteiger partial charge < -0.3 is 10.6 Å². The molecule has 0 saturated carbocycles. The number of hydrogen-bond donors (Lipinski definition) is 2. The predicted octanol–water partition coefficient (Wildman–Crippen LogP) is 2.97. The number of rotatable bonds is 9. The molecule has 2 N–H and O–H groups in total. The van der Waals surface area contributed by atoms with Gasteiger partial charge in [0.2, 0.25) is 5.91 Å². The third-order valence-corrected chi connectivity index (χ3v) is 4.48. The van der Waals surface area contributed by atoms with Gasteiger partial charge in [-0.05, 0) is 52.1 Å². The van der Waals surface area contributed by atoms with Crippen molar-refractivity contribution in [2.45, 2.75) is 19.8 Å². The Morgan fingerprint density at radius 1 is 1.27 bits per heavy atom. The molecule has 1 rings (SSSR count). The van der Waals surface area contributed by atoms with Crippen molar-refractivity contribution in [3.63, 3.8) is 0 Å². The van der Waals surface area contributed by atoms with E-state index < -0.39 is 11.7 Å². The lowest BCUT2D eigenvalue weighted by molar-refractivity contribution is -0.120. The van der Waals surface area contributed by atoms with Crippen molar-refractivity contribution in [1.82, 2.24) is 10.6 Å². The second-order valence-electron chi connectivity index (χ2n) is 4.53. The largest absolute Gasteiger partial charge is 0.356 e. The van der Waals surface area contributed by atoms with Crippen LogP contribution in [0.5, 0.6) is 0 Å². The lowest BCUT2D eigenvalue weighted by Crippen LogP contribution is -2.31. The Morgan fingerprint density at radius 3 is 2.77 bits per heavy atom. The van der Waals surface area contributed by atoms with Crippen LogP contribution in [-0.2, 0) is 4.79 Å². The van der Waals surface area contributed by atoms with Crippen LogP contribution in [0.15, 0.2) is 22.7 Å². The first-order valence-electron chi connectivity index (χ1n) is 7.12. The highest BCUT2D eigenvalue weighted by Crippen LogP contribution is 2.17. The van der Waals surface area contributed by atoms with Crippen LogP contribution in [-0.4, -0.2) is 36.4 Å². The number of hydrogen-bond acceptors (Lipinski definition) is 3. The molecule has 0 bridgehead atoms. The monoisotopic (exact) mass is 390 g/mol. The van der Waals surface area contributed by atoms with Crippen molar-refractivity contribution in [1.29, 1.82) is 0 Å². The van der Waals surface area contributed by atoms with Gasteiger partial charge >= 0.3 is 0 Å². The van der Waals surface area contributed by atoms with Crippen LogP contribution in [0.3, 0.4) is 0 Å². The molecule has 7 heteroatoms. The van der Waals surface area contributed by atoms with E-state index in [1.54, 1.807) is 0 Å². The van der Waals surface area contributed by atoms with Crippen molar-refractivity contribution in [3.05, 3.63) is 34.1 Å². The van der Waals surface area contributed by atoms with Crippen LogP contribution < -0.4 is 10.6 Å². The fraction of sp³-hybridized carbons (Fsp3) is 0.467. The van der Waals surface area contributed by atoms with Gasteiger partial charge in [-0.3, -0.25) is 9.59 Å². The molecule has 0 aliphatic heterocycles. The molecule has 0 fully saturated rings. The SMILES string of the molecule is CCSCCCNC(=O)CCNC(=O)c1cc(F)ccc1Br. The van der Waals surface area contributed by atoms with Gasteiger partial charge in [-0.15, -0.1) is 0 Å². The van der Waals surface area contributed by atoms with Crippen LogP contribution in [0.4, 0.5) is 4.39 Å². The second kappa shape index (κ2) is 10.6. The molecule has 22 heavy (non-hydrogen) atoms. The molecular formula is C15H20BrFN2O2S. The van der Waals surface area contributed by atoms with E-state index >= 15 is 0 Å². The van der Waals surface area contributed by atoms with Crippen molar-refractivity contribution in [3.8, 4) is 0 Å². The molecule has 1 aromatic carbocycles. The van der Waals surface area contributed by atoms with Crippen molar-refractivity contribution in [2.75, 3.05) is 24.6 Å². The molecule has 0 heterocycles. The van der Waals surface area contributed by atoms with Crippen LogP contribution in [0.1, 0.15) is 30.1 Å². The van der Waals surface area contributed by atoms with Gasteiger partial charge in [-0.2, -0.15) is 11.8 Å². The summed E-state index contributed by atoms with van der Waals surface area (Å²) >= 11 is 5.04. The third-order valence-electron chi connectivity index (χ3n) is 2.80. The Morgan fingerprint density at radius 2 is 2.05 bits per heavy atom. The van der Waals surface area contributed by atoms with E-state index in [1.165, 1.54) is 12.1 Å². The van der Waals surface area contributed by atoms with E-state index in [9.17, 15) is 14.0 Å². The minimum absolute atomic E-state index is 0.0971. The minimum atomic E-state index is -0.476. The van der Waals surface area contributed by atoms with Crippen molar-refractivity contribution in [2.24, 2.45) is 0 Å². The molecule has 0 aliphatic carbocycles. The van der Waals surface area contributed by atoms with E-state index in [-0.39, 0.29) is 24.4 Å². The number of benzene rings is 1. The number of carbonyl (C=O) groups excluding carboxylic acids is 2. The van der Waals surface area contributed by atoms with Gasteiger partial charge in [0.25, 0.3) is 5.91 Å². The standard InChI is InChI=1S/C15H20BrFN2O2S/c1-2-22-9-3-7-18-14(20)6-8-19-15(21)12-10-11(17)4-5-13(12)16/h4-5,10H,2-3,6-9H2,1H3,(H,18,20)(H,19,21). The molecule has 4 nitrogen and oxygen atoms in total. The highest BCUT2D eigenvalue weighted by Gasteiger charge is 2.11. The van der Waals surface area contributed by atoms with Gasteiger partial charge in [-0.1, -0.05) is 6.92 Å². The summed E-state index contributed by atoms with van der Waals surface area (Å²) in [6.07, 6.45) is 1.15. The molecule has 0 aromatic heterocycles. The van der Waals surface area contributed by atoms with Crippen LogP contribution >= 0.6 is 27.7 Å². The molecule has 122 valence electrons. The third kappa shape index (κ3) is 7.26. The zero-order valence-corrected chi connectivity index (χ0v) is 14.9. The molecule has 0 unspecified atom stereocenters. The average Bonchev–Trinajstić information content (AvgIpc) is 2.49. The molecule has 0 saturated heterocycles. The summed E-state index contributed by atoms with van der Waals surface area (Å²) in [5.41, 5.74) is 0.219. The summed E-state index contributed by atoms with van der Waals surface area (Å²) in [4.78, 5) is 23.5. The molecular weight excluding hydrogens is 371 g/mol. The number of thioether (sulfide) groups is 1. The van der Waals surface area contributed by atoms with Gasteiger partial charge in [0.05, 0.1) is 5.56 Å². The Bertz CT molecular complexity index is 514. The topological polar surface area (TPSA) is 58.2 Å². The minimum Gasteiger partial charge on any atom is -0.356 e. The summed E-state index contributed by atoms with van der Waals surface area (Å²) in [6, 6.07) is 3.90. The van der Waals surface area contributed by atoms with E-state index in [0.717, 1.165) is 24.0 Å². The number of nitrogens with one attached hydrogen (secondary N) is 2. The first-order valence-corrected chi connectivity index (χ1v) is 9.07. The van der Waals surface area contributed by atoms with E-state index in [4.69, 9.17) is 0 Å². The van der Waals surface area contributed by atoms with Gasteiger partial charge in [0.15, 0.2) is 0 Å². The Kier molecular flexibility index (Phi) is 9.15. The Hall–Kier alpha value is -1.08. The molecule has 0 aliphatic rings. The lowest BCUT2D eigenvalue weighted by atomic mass is 10.2. The average molecular weight is 391 g/mol. The van der Waals surface area contributed by atoms with Gasteiger partial charge in [-0.25, -0.2) is 4.39 Å². The maximum Gasteiger partial charge on any atom is 0.252 e. The predicted molar refractivity (Wildman–Crippen MR) is 91.7 cm³/mol. The number of amides is 2. The van der Waals surface area contributed by atoms with E-state index in [1.807, 2.05) is 11.8 Å². The maximum absolute atomic E-state index is 13.1. The second-order valence-corrected chi connectivity index (χ2v) is 6.78. The van der Waals surface area contributed by atoms with Gasteiger partial charge in [0.1, 0.15) is 5.82 Å². The Balaban J connectivity index is 2.24. The van der Waals surface area contributed by atoms with Gasteiger partial charge in [0, 0.05) is 24.0 Å². The summed E-state index contributed by atoms with van der Waals surface area (Å²) in [5, 5.41) is 5.41. The van der Waals surface area contributed by atoms with Crippen LogP contribution in [0.25, 0.3) is 0 Å². The zero-order valence-electron chi connectivity index (χ0n) is 12.5. The summed E-state index contributed by atoms with van der Waals surface area (Å²) < 4.78 is 13.6. The maximum atomic E-state index is 13.1.